The van der Waals surface area contributed by atoms with Gasteiger partial charge in [0.25, 0.3) is 0 Å². The van der Waals surface area contributed by atoms with Gasteiger partial charge in [0, 0.05) is 6.42 Å². The average Bonchev–Trinajstić information content (AvgIpc) is 1.88. The lowest BCUT2D eigenvalue weighted by molar-refractivity contribution is -0.124. The van der Waals surface area contributed by atoms with Gasteiger partial charge in [-0.15, -0.1) is 0 Å². The minimum Gasteiger partial charge on any atom is -0.299 e. The molecular weight excluding hydrogens is 136 g/mol. The maximum atomic E-state index is 11.5. The van der Waals surface area contributed by atoms with Gasteiger partial charge in [0.15, 0.2) is 0 Å². The SMILES string of the molecule is CC1(C)CC(=O)[C@@]2(C)C=C[C@@H]12. The Morgan fingerprint density at radius 2 is 2.09 bits per heavy atom. The molecule has 0 amide bonds. The van der Waals surface area contributed by atoms with E-state index in [1.165, 1.54) is 0 Å². The molecule has 0 heterocycles. The van der Waals surface area contributed by atoms with E-state index in [0.29, 0.717) is 11.7 Å². The molecule has 2 aliphatic rings. The highest BCUT2D eigenvalue weighted by Gasteiger charge is 2.57. The summed E-state index contributed by atoms with van der Waals surface area (Å²) in [6.45, 7) is 6.43. The molecule has 2 aliphatic carbocycles. The molecular formula is C10H14O. The van der Waals surface area contributed by atoms with Gasteiger partial charge in [-0.3, -0.25) is 4.79 Å². The molecule has 1 heteroatoms. The summed E-state index contributed by atoms with van der Waals surface area (Å²) in [5.41, 5.74) is 0.115. The van der Waals surface area contributed by atoms with E-state index in [1.807, 2.05) is 0 Å². The zero-order chi connectivity index (χ0) is 8.28. The predicted molar refractivity (Wildman–Crippen MR) is 44.1 cm³/mol. The Morgan fingerprint density at radius 1 is 1.45 bits per heavy atom. The second-order valence-corrected chi connectivity index (χ2v) is 4.71. The fourth-order valence-corrected chi connectivity index (χ4v) is 2.53. The standard InChI is InChI=1S/C10H14O/c1-9(2)6-8(11)10(3)5-4-7(9)10/h4-5,7H,6H2,1-3H3/t7-,10-/m0/s1. The van der Waals surface area contributed by atoms with Crippen LogP contribution in [0.25, 0.3) is 0 Å². The van der Waals surface area contributed by atoms with Gasteiger partial charge in [0.05, 0.1) is 5.41 Å². The van der Waals surface area contributed by atoms with E-state index >= 15 is 0 Å². The maximum Gasteiger partial charge on any atom is 0.143 e. The smallest absolute Gasteiger partial charge is 0.143 e. The van der Waals surface area contributed by atoms with Crippen LogP contribution in [0.4, 0.5) is 0 Å². The molecule has 11 heavy (non-hydrogen) atoms. The first-order valence-corrected chi connectivity index (χ1v) is 4.19. The van der Waals surface area contributed by atoms with E-state index in [4.69, 9.17) is 0 Å². The van der Waals surface area contributed by atoms with Gasteiger partial charge in [-0.05, 0) is 18.3 Å². The maximum absolute atomic E-state index is 11.5. The van der Waals surface area contributed by atoms with Gasteiger partial charge < -0.3 is 0 Å². The molecule has 60 valence electrons. The molecule has 0 bridgehead atoms. The highest BCUT2D eigenvalue weighted by Crippen LogP contribution is 2.58. The number of rotatable bonds is 0. The van der Waals surface area contributed by atoms with Crippen molar-refractivity contribution in [3.8, 4) is 0 Å². The Bertz CT molecular complexity index is 250. The van der Waals surface area contributed by atoms with Crippen molar-refractivity contribution in [2.45, 2.75) is 27.2 Å². The van der Waals surface area contributed by atoms with Crippen LogP contribution >= 0.6 is 0 Å². The molecule has 2 rings (SSSR count). The molecule has 0 aliphatic heterocycles. The van der Waals surface area contributed by atoms with Gasteiger partial charge >= 0.3 is 0 Å². The van der Waals surface area contributed by atoms with Crippen LogP contribution in [0.2, 0.25) is 0 Å². The first-order valence-electron chi connectivity index (χ1n) is 4.19. The average molecular weight is 150 g/mol. The number of ketones is 1. The molecule has 0 aromatic heterocycles. The first-order chi connectivity index (χ1) is 4.97. The minimum atomic E-state index is -0.0937. The van der Waals surface area contributed by atoms with Crippen LogP contribution in [0, 0.1) is 16.7 Å². The van der Waals surface area contributed by atoms with Crippen LogP contribution in [0.15, 0.2) is 12.2 Å². The van der Waals surface area contributed by atoms with Crippen LogP contribution in [0.1, 0.15) is 27.2 Å². The number of carbonyl (C=O) groups excluding carboxylic acids is 1. The third-order valence-corrected chi connectivity index (χ3v) is 3.34. The Kier molecular flexibility index (Phi) is 1.03. The lowest BCUT2D eigenvalue weighted by Crippen LogP contribution is -2.35. The number of hydrogen-bond acceptors (Lipinski definition) is 1. The third-order valence-electron chi connectivity index (χ3n) is 3.34. The van der Waals surface area contributed by atoms with Crippen molar-refractivity contribution in [2.75, 3.05) is 0 Å². The van der Waals surface area contributed by atoms with E-state index < -0.39 is 0 Å². The van der Waals surface area contributed by atoms with Gasteiger partial charge in [-0.1, -0.05) is 26.0 Å². The second-order valence-electron chi connectivity index (χ2n) is 4.71. The molecule has 2 atom stereocenters. The molecule has 0 aromatic carbocycles. The summed E-state index contributed by atoms with van der Waals surface area (Å²) in [5.74, 6) is 0.928. The normalized spacial score (nSPS) is 45.4. The highest BCUT2D eigenvalue weighted by atomic mass is 16.1. The molecule has 1 fully saturated rings. The van der Waals surface area contributed by atoms with E-state index in [9.17, 15) is 4.79 Å². The largest absolute Gasteiger partial charge is 0.299 e. The second kappa shape index (κ2) is 1.60. The number of allylic oxidation sites excluding steroid dienone is 2. The summed E-state index contributed by atoms with van der Waals surface area (Å²) in [6, 6.07) is 0. The summed E-state index contributed by atoms with van der Waals surface area (Å²) in [7, 11) is 0. The Labute approximate surface area is 67.5 Å². The molecule has 0 saturated heterocycles. The van der Waals surface area contributed by atoms with Gasteiger partial charge in [0.1, 0.15) is 5.78 Å². The van der Waals surface area contributed by atoms with Gasteiger partial charge in [0.2, 0.25) is 0 Å². The van der Waals surface area contributed by atoms with Gasteiger partial charge in [-0.2, -0.15) is 0 Å². The third kappa shape index (κ3) is 0.640. The number of carbonyl (C=O) groups is 1. The van der Waals surface area contributed by atoms with Crippen LogP contribution in [0.3, 0.4) is 0 Å². The van der Waals surface area contributed by atoms with E-state index in [0.717, 1.165) is 6.42 Å². The number of hydrogen-bond donors (Lipinski definition) is 0. The summed E-state index contributed by atoms with van der Waals surface area (Å²) in [4.78, 5) is 11.5. The molecule has 1 saturated carbocycles. The minimum absolute atomic E-state index is 0.0937. The van der Waals surface area contributed by atoms with Crippen molar-refractivity contribution in [3.05, 3.63) is 12.2 Å². The number of fused-ring (bicyclic) bond motifs is 1. The molecule has 0 spiro atoms. The van der Waals surface area contributed by atoms with E-state index in [-0.39, 0.29) is 10.8 Å². The Balaban J connectivity index is 2.44. The summed E-state index contributed by atoms with van der Waals surface area (Å²) >= 11 is 0. The molecule has 0 aromatic rings. The van der Waals surface area contributed by atoms with Gasteiger partial charge in [-0.25, -0.2) is 0 Å². The Morgan fingerprint density at radius 3 is 2.27 bits per heavy atom. The molecule has 0 N–H and O–H groups in total. The van der Waals surface area contributed by atoms with Crippen molar-refractivity contribution in [1.82, 2.24) is 0 Å². The lowest BCUT2D eigenvalue weighted by atomic mass is 9.64. The fraction of sp³-hybridized carbons (Fsp3) is 0.700. The topological polar surface area (TPSA) is 17.1 Å². The summed E-state index contributed by atoms with van der Waals surface area (Å²) < 4.78 is 0. The first kappa shape index (κ1) is 7.08. The lowest BCUT2D eigenvalue weighted by Gasteiger charge is -2.38. The molecule has 0 unspecified atom stereocenters. The van der Waals surface area contributed by atoms with Crippen molar-refractivity contribution < 1.29 is 4.79 Å². The summed E-state index contributed by atoms with van der Waals surface area (Å²) in [6.07, 6.45) is 5.00. The zero-order valence-corrected chi connectivity index (χ0v) is 7.35. The van der Waals surface area contributed by atoms with Crippen molar-refractivity contribution in [1.29, 1.82) is 0 Å². The predicted octanol–water partition coefficient (Wildman–Crippen LogP) is 2.18. The van der Waals surface area contributed by atoms with Crippen LogP contribution < -0.4 is 0 Å². The van der Waals surface area contributed by atoms with Crippen molar-refractivity contribution in [3.63, 3.8) is 0 Å². The zero-order valence-electron chi connectivity index (χ0n) is 7.35. The Hall–Kier alpha value is -0.590. The quantitative estimate of drug-likeness (QED) is 0.484. The molecule has 0 radical (unpaired) electrons. The number of Topliss-reactive ketones (excluding diaryl/α,β-unsaturated/α-hetero) is 1. The van der Waals surface area contributed by atoms with E-state index in [1.54, 1.807) is 0 Å². The fourth-order valence-electron chi connectivity index (χ4n) is 2.53. The summed E-state index contributed by atoms with van der Waals surface area (Å²) in [5, 5.41) is 0. The van der Waals surface area contributed by atoms with Crippen LogP contribution in [-0.2, 0) is 4.79 Å². The van der Waals surface area contributed by atoms with Crippen LogP contribution in [0.5, 0.6) is 0 Å². The monoisotopic (exact) mass is 150 g/mol. The molecule has 1 nitrogen and oxygen atoms in total. The van der Waals surface area contributed by atoms with Crippen LogP contribution in [-0.4, -0.2) is 5.78 Å². The van der Waals surface area contributed by atoms with E-state index in [2.05, 4.69) is 32.9 Å². The highest BCUT2D eigenvalue weighted by molar-refractivity contribution is 5.92. The van der Waals surface area contributed by atoms with Crippen molar-refractivity contribution in [2.24, 2.45) is 16.7 Å². The van der Waals surface area contributed by atoms with Crippen molar-refractivity contribution >= 4 is 5.78 Å².